The lowest BCUT2D eigenvalue weighted by Gasteiger charge is -2.45. The lowest BCUT2D eigenvalue weighted by molar-refractivity contribution is -0.155. The predicted octanol–water partition coefficient (Wildman–Crippen LogP) is 3.99. The Balaban J connectivity index is 1.86. The molecule has 0 radical (unpaired) electrons. The second-order valence-electron chi connectivity index (χ2n) is 11.6. The lowest BCUT2D eigenvalue weighted by Crippen LogP contribution is -2.60. The number of thioether (sulfide) groups is 1. The minimum atomic E-state index is -0.840. The van der Waals surface area contributed by atoms with E-state index in [4.69, 9.17) is 4.74 Å². The summed E-state index contributed by atoms with van der Waals surface area (Å²) < 4.78 is 4.80. The van der Waals surface area contributed by atoms with E-state index in [0.29, 0.717) is 13.0 Å². The van der Waals surface area contributed by atoms with Crippen LogP contribution in [0.4, 0.5) is 0 Å². The highest BCUT2D eigenvalue weighted by Gasteiger charge is 2.77. The molecule has 2 bridgehead atoms. The van der Waals surface area contributed by atoms with Gasteiger partial charge in [-0.25, -0.2) is 0 Å². The van der Waals surface area contributed by atoms with Crippen LogP contribution in [0.3, 0.4) is 0 Å². The fourth-order valence-corrected chi connectivity index (χ4v) is 9.07. The number of fused-ring (bicyclic) bond motifs is 1. The molecule has 0 aromatic heterocycles. The van der Waals surface area contributed by atoms with Crippen molar-refractivity contribution in [2.75, 3.05) is 19.8 Å². The highest BCUT2D eigenvalue weighted by molar-refractivity contribution is 8.02. The Morgan fingerprint density at radius 3 is 2.53 bits per heavy atom. The van der Waals surface area contributed by atoms with Gasteiger partial charge >= 0.3 is 5.97 Å². The van der Waals surface area contributed by atoms with Crippen LogP contribution in [0.5, 0.6) is 0 Å². The van der Waals surface area contributed by atoms with Gasteiger partial charge < -0.3 is 19.6 Å². The van der Waals surface area contributed by atoms with Gasteiger partial charge in [0.2, 0.25) is 11.8 Å². The average molecular weight is 541 g/mol. The van der Waals surface area contributed by atoms with E-state index in [1.807, 2.05) is 51.1 Å². The number of esters is 1. The fourth-order valence-electron chi connectivity index (χ4n) is 6.68. The summed E-state index contributed by atoms with van der Waals surface area (Å²) in [6, 6.07) is 7.76. The highest BCUT2D eigenvalue weighted by atomic mass is 32.2. The molecule has 4 rings (SSSR count). The van der Waals surface area contributed by atoms with Gasteiger partial charge in [0.25, 0.3) is 0 Å². The zero-order valence-electron chi connectivity index (χ0n) is 22.8. The molecule has 38 heavy (non-hydrogen) atoms. The number of ether oxygens (including phenoxy) is 1. The summed E-state index contributed by atoms with van der Waals surface area (Å²) in [4.78, 5) is 45.8. The number of carbonyl (C=O) groups is 3. The molecular formula is C30H40N2O5S. The summed E-state index contributed by atoms with van der Waals surface area (Å²) in [5.74, 6) is -2.14. The van der Waals surface area contributed by atoms with Gasteiger partial charge in [-0.3, -0.25) is 14.4 Å². The van der Waals surface area contributed by atoms with Crippen molar-refractivity contribution in [1.29, 1.82) is 0 Å². The van der Waals surface area contributed by atoms with Crippen molar-refractivity contribution in [3.8, 4) is 0 Å². The minimum absolute atomic E-state index is 0.0169. The molecule has 3 unspecified atom stereocenters. The van der Waals surface area contributed by atoms with Gasteiger partial charge in [0, 0.05) is 17.3 Å². The maximum absolute atomic E-state index is 14.6. The van der Waals surface area contributed by atoms with Crippen molar-refractivity contribution in [2.24, 2.45) is 17.8 Å². The first-order valence-corrected chi connectivity index (χ1v) is 14.3. The molecule has 1 aromatic rings. The van der Waals surface area contributed by atoms with Gasteiger partial charge in [0.15, 0.2) is 0 Å². The van der Waals surface area contributed by atoms with E-state index in [-0.39, 0.29) is 42.2 Å². The van der Waals surface area contributed by atoms with Crippen LogP contribution in [0, 0.1) is 17.8 Å². The van der Waals surface area contributed by atoms with Crippen molar-refractivity contribution in [2.45, 2.75) is 68.2 Å². The summed E-state index contributed by atoms with van der Waals surface area (Å²) in [6.45, 7) is 15.7. The van der Waals surface area contributed by atoms with Gasteiger partial charge in [-0.05, 0) is 45.1 Å². The lowest BCUT2D eigenvalue weighted by atomic mass is 9.66. The van der Waals surface area contributed by atoms with E-state index in [1.54, 1.807) is 33.7 Å². The Hall–Kier alpha value is -2.58. The molecule has 3 aliphatic rings. The molecule has 8 heteroatoms. The van der Waals surface area contributed by atoms with Crippen molar-refractivity contribution in [3.05, 3.63) is 61.2 Å². The van der Waals surface area contributed by atoms with Crippen LogP contribution in [0.2, 0.25) is 0 Å². The first-order valence-electron chi connectivity index (χ1n) is 13.4. The summed E-state index contributed by atoms with van der Waals surface area (Å²) >= 11 is 1.61. The third kappa shape index (κ3) is 4.49. The van der Waals surface area contributed by atoms with E-state index < -0.39 is 34.2 Å². The summed E-state index contributed by atoms with van der Waals surface area (Å²) in [6.07, 6.45) is 4.64. The van der Waals surface area contributed by atoms with Crippen molar-refractivity contribution in [1.82, 2.24) is 9.80 Å². The van der Waals surface area contributed by atoms with Crippen molar-refractivity contribution in [3.63, 3.8) is 0 Å². The smallest absolute Gasteiger partial charge is 0.310 e. The van der Waals surface area contributed by atoms with Crippen LogP contribution in [0.15, 0.2) is 55.6 Å². The Morgan fingerprint density at radius 1 is 1.26 bits per heavy atom. The number of hydrogen-bond acceptors (Lipinski definition) is 6. The van der Waals surface area contributed by atoms with Crippen LogP contribution >= 0.6 is 11.8 Å². The topological polar surface area (TPSA) is 87.1 Å². The van der Waals surface area contributed by atoms with Crippen molar-refractivity contribution < 1.29 is 24.2 Å². The Kier molecular flexibility index (Phi) is 8.15. The molecule has 3 fully saturated rings. The van der Waals surface area contributed by atoms with Gasteiger partial charge in [-0.1, -0.05) is 49.4 Å². The molecule has 206 valence electrons. The molecular weight excluding hydrogens is 500 g/mol. The van der Waals surface area contributed by atoms with E-state index >= 15 is 0 Å². The molecule has 1 N–H and O–H groups in total. The van der Waals surface area contributed by atoms with Gasteiger partial charge in [0.05, 0.1) is 35.8 Å². The summed E-state index contributed by atoms with van der Waals surface area (Å²) in [5.41, 5.74) is 0.227. The fraction of sp³-hybridized carbons (Fsp3) is 0.567. The number of amides is 2. The Labute approximate surface area is 230 Å². The Bertz CT molecular complexity index is 1090. The molecule has 7 nitrogen and oxygen atoms in total. The summed E-state index contributed by atoms with van der Waals surface area (Å²) in [5, 5.41) is 10.5. The molecule has 3 aliphatic heterocycles. The predicted molar refractivity (Wildman–Crippen MR) is 149 cm³/mol. The quantitative estimate of drug-likeness (QED) is 0.274. The molecule has 3 heterocycles. The second kappa shape index (κ2) is 10.9. The normalized spacial score (nSPS) is 30.6. The number of carbonyl (C=O) groups excluding carboxylic acids is 3. The van der Waals surface area contributed by atoms with Gasteiger partial charge in [-0.2, -0.15) is 0 Å². The number of nitrogens with zero attached hydrogens (tertiary/aromatic N) is 2. The molecule has 7 atom stereocenters. The third-order valence-corrected chi connectivity index (χ3v) is 10.4. The van der Waals surface area contributed by atoms with Crippen molar-refractivity contribution >= 4 is 29.5 Å². The first kappa shape index (κ1) is 28.4. The second-order valence-corrected chi connectivity index (χ2v) is 13.1. The summed E-state index contributed by atoms with van der Waals surface area (Å²) in [7, 11) is 0. The third-order valence-electron chi connectivity index (χ3n) is 8.34. The molecule has 2 amide bonds. The van der Waals surface area contributed by atoms with Crippen LogP contribution in [-0.2, 0) is 19.1 Å². The van der Waals surface area contributed by atoms with Crippen LogP contribution in [0.25, 0.3) is 0 Å². The van der Waals surface area contributed by atoms with E-state index in [1.165, 1.54) is 0 Å². The Morgan fingerprint density at radius 2 is 1.95 bits per heavy atom. The minimum Gasteiger partial charge on any atom is -0.465 e. The largest absolute Gasteiger partial charge is 0.465 e. The zero-order valence-corrected chi connectivity index (χ0v) is 23.7. The number of benzene rings is 1. The SMILES string of the molecule is C=CCCOC(=O)[C@@H]1[C@H]2C(=O)N([C@H](CO)c3ccccc3)C(C(=O)N(CC=C)C(C)(C)C)C23S[C@@H]1CC3C. The number of aliphatic hydroxyl groups excluding tert-OH is 1. The maximum atomic E-state index is 14.6. The van der Waals surface area contributed by atoms with Gasteiger partial charge in [0.1, 0.15) is 6.04 Å². The van der Waals surface area contributed by atoms with Crippen LogP contribution in [0.1, 0.15) is 52.1 Å². The maximum Gasteiger partial charge on any atom is 0.310 e. The molecule has 3 saturated heterocycles. The van der Waals surface area contributed by atoms with E-state index in [9.17, 15) is 19.5 Å². The van der Waals surface area contributed by atoms with Crippen LogP contribution < -0.4 is 0 Å². The standard InChI is InChI=1S/C30H40N2O5S/c1-7-9-16-37-28(36)23-22-17-19(3)30(38-22)24(23)26(34)32(21(18-33)20-13-11-10-12-14-20)25(30)27(35)31(15-8-2)29(4,5)6/h7-8,10-14,19,21-25,33H,1-2,9,15-18H2,3-6H3/t19?,21-,22-,23+,24+,25?,30?/m1/s1. The molecule has 0 saturated carbocycles. The average Bonchev–Trinajstić information content (AvgIpc) is 3.47. The van der Waals surface area contributed by atoms with E-state index in [0.717, 1.165) is 12.0 Å². The number of hydrogen-bond donors (Lipinski definition) is 1. The monoisotopic (exact) mass is 540 g/mol. The highest BCUT2D eigenvalue weighted by Crippen LogP contribution is 2.69. The first-order chi connectivity index (χ1) is 18.0. The molecule has 0 aliphatic carbocycles. The number of rotatable bonds is 10. The van der Waals surface area contributed by atoms with Gasteiger partial charge in [-0.15, -0.1) is 24.9 Å². The number of likely N-dealkylation sites (tertiary alicyclic amines) is 1. The zero-order chi connectivity index (χ0) is 27.8. The van der Waals surface area contributed by atoms with E-state index in [2.05, 4.69) is 20.1 Å². The molecule has 1 spiro atoms. The van der Waals surface area contributed by atoms with Crippen LogP contribution in [-0.4, -0.2) is 74.0 Å². The molecule has 1 aromatic carbocycles. The number of aliphatic hydroxyl groups is 1.